The maximum atomic E-state index is 12.9. The third kappa shape index (κ3) is 3.60. The van der Waals surface area contributed by atoms with Crippen LogP contribution in [0.15, 0.2) is 35.4 Å². The number of halogens is 1. The van der Waals surface area contributed by atoms with Crippen LogP contribution in [0.25, 0.3) is 10.2 Å². The van der Waals surface area contributed by atoms with E-state index in [-0.39, 0.29) is 31.1 Å². The monoisotopic (exact) mass is 376 g/mol. The van der Waals surface area contributed by atoms with Crippen LogP contribution in [0.5, 0.6) is 5.75 Å². The minimum Gasteiger partial charge on any atom is -0.492 e. The normalized spacial score (nSPS) is 10.9. The van der Waals surface area contributed by atoms with Crippen molar-refractivity contribution in [1.29, 1.82) is 0 Å². The molecule has 6 nitrogen and oxygen atoms in total. The number of ether oxygens (including phenoxy) is 2. The molecule has 0 aliphatic heterocycles. The summed E-state index contributed by atoms with van der Waals surface area (Å²) in [5, 5.41) is 0.419. The van der Waals surface area contributed by atoms with Gasteiger partial charge in [0.25, 0.3) is 5.56 Å². The molecular formula is C18H17FN2O4S. The van der Waals surface area contributed by atoms with Crippen LogP contribution in [-0.4, -0.2) is 28.7 Å². The van der Waals surface area contributed by atoms with Crippen LogP contribution in [0, 0.1) is 12.7 Å². The fraction of sp³-hybridized carbons (Fsp3) is 0.278. The van der Waals surface area contributed by atoms with Gasteiger partial charge in [-0.25, -0.2) is 14.2 Å². The fourth-order valence-electron chi connectivity index (χ4n) is 2.50. The molecule has 2 heterocycles. The number of aryl methyl sites for hydroxylation is 1. The molecular weight excluding hydrogens is 359 g/mol. The van der Waals surface area contributed by atoms with Gasteiger partial charge in [-0.2, -0.15) is 0 Å². The Kier molecular flexibility index (Phi) is 5.32. The van der Waals surface area contributed by atoms with Gasteiger partial charge in [0.1, 0.15) is 27.9 Å². The van der Waals surface area contributed by atoms with E-state index in [1.807, 2.05) is 0 Å². The summed E-state index contributed by atoms with van der Waals surface area (Å²) >= 11 is 1.15. The highest BCUT2D eigenvalue weighted by Gasteiger charge is 2.20. The van der Waals surface area contributed by atoms with Crippen molar-refractivity contribution in [3.05, 3.63) is 57.2 Å². The highest BCUT2D eigenvalue weighted by atomic mass is 32.1. The van der Waals surface area contributed by atoms with Crippen LogP contribution in [0.4, 0.5) is 4.39 Å². The second-order valence-corrected chi connectivity index (χ2v) is 6.50. The van der Waals surface area contributed by atoms with Crippen molar-refractivity contribution in [3.8, 4) is 5.75 Å². The van der Waals surface area contributed by atoms with E-state index in [0.717, 1.165) is 11.3 Å². The van der Waals surface area contributed by atoms with Crippen molar-refractivity contribution in [1.82, 2.24) is 9.55 Å². The largest absolute Gasteiger partial charge is 0.492 e. The van der Waals surface area contributed by atoms with Crippen molar-refractivity contribution >= 4 is 27.5 Å². The van der Waals surface area contributed by atoms with Gasteiger partial charge in [0.2, 0.25) is 0 Å². The first-order chi connectivity index (χ1) is 12.5. The Labute approximate surface area is 152 Å². The predicted octanol–water partition coefficient (Wildman–Crippen LogP) is 3.16. The van der Waals surface area contributed by atoms with Gasteiger partial charge < -0.3 is 9.47 Å². The third-order valence-electron chi connectivity index (χ3n) is 3.79. The SMILES string of the molecule is CCOC(=O)c1sc2ncn(CCOc3ccc(F)cc3)c(=O)c2c1C. The number of aromatic nitrogens is 2. The molecule has 1 aromatic carbocycles. The Hall–Kier alpha value is -2.74. The molecule has 0 spiro atoms. The first-order valence-electron chi connectivity index (χ1n) is 8.05. The van der Waals surface area contributed by atoms with Crippen molar-refractivity contribution < 1.29 is 18.7 Å². The third-order valence-corrected chi connectivity index (χ3v) is 4.97. The van der Waals surface area contributed by atoms with E-state index < -0.39 is 5.97 Å². The number of carbonyl (C=O) groups excluding carboxylic acids is 1. The van der Waals surface area contributed by atoms with Crippen molar-refractivity contribution in [3.63, 3.8) is 0 Å². The molecule has 8 heteroatoms. The van der Waals surface area contributed by atoms with E-state index in [1.165, 1.54) is 35.2 Å². The molecule has 0 unspecified atom stereocenters. The maximum absolute atomic E-state index is 12.9. The van der Waals surface area contributed by atoms with E-state index in [1.54, 1.807) is 13.8 Å². The number of esters is 1. The fourth-order valence-corrected chi connectivity index (χ4v) is 3.54. The van der Waals surface area contributed by atoms with Crippen LogP contribution in [0.3, 0.4) is 0 Å². The average molecular weight is 376 g/mol. The first-order valence-corrected chi connectivity index (χ1v) is 8.87. The summed E-state index contributed by atoms with van der Waals surface area (Å²) in [6.07, 6.45) is 1.43. The van der Waals surface area contributed by atoms with E-state index in [2.05, 4.69) is 4.98 Å². The Balaban J connectivity index is 1.80. The van der Waals surface area contributed by atoms with Gasteiger partial charge in [-0.1, -0.05) is 0 Å². The number of carbonyl (C=O) groups is 1. The van der Waals surface area contributed by atoms with Crippen LogP contribution < -0.4 is 10.3 Å². The quantitative estimate of drug-likeness (QED) is 0.618. The number of fused-ring (bicyclic) bond motifs is 1. The maximum Gasteiger partial charge on any atom is 0.348 e. The predicted molar refractivity (Wildman–Crippen MR) is 96.5 cm³/mol. The van der Waals surface area contributed by atoms with Crippen molar-refractivity contribution in [2.75, 3.05) is 13.2 Å². The lowest BCUT2D eigenvalue weighted by Crippen LogP contribution is -2.23. The molecule has 0 bridgehead atoms. The van der Waals surface area contributed by atoms with Crippen molar-refractivity contribution in [2.45, 2.75) is 20.4 Å². The summed E-state index contributed by atoms with van der Waals surface area (Å²) in [4.78, 5) is 29.9. The van der Waals surface area contributed by atoms with Gasteiger partial charge in [-0.15, -0.1) is 11.3 Å². The van der Waals surface area contributed by atoms with Crippen LogP contribution in [-0.2, 0) is 11.3 Å². The molecule has 0 fully saturated rings. The summed E-state index contributed by atoms with van der Waals surface area (Å²) in [5.41, 5.74) is 0.344. The number of rotatable bonds is 6. The van der Waals surface area contributed by atoms with Crippen LogP contribution in [0.1, 0.15) is 22.2 Å². The second kappa shape index (κ2) is 7.65. The Morgan fingerprint density at radius 1 is 1.31 bits per heavy atom. The first kappa shape index (κ1) is 18.1. The summed E-state index contributed by atoms with van der Waals surface area (Å²) < 4.78 is 24.8. The number of hydrogen-bond acceptors (Lipinski definition) is 6. The molecule has 2 aromatic heterocycles. The zero-order chi connectivity index (χ0) is 18.7. The smallest absolute Gasteiger partial charge is 0.348 e. The van der Waals surface area contributed by atoms with Gasteiger partial charge in [-0.3, -0.25) is 9.36 Å². The molecule has 0 amide bonds. The van der Waals surface area contributed by atoms with E-state index in [0.29, 0.717) is 26.4 Å². The molecule has 0 atom stereocenters. The summed E-state index contributed by atoms with van der Waals surface area (Å²) in [7, 11) is 0. The lowest BCUT2D eigenvalue weighted by atomic mass is 10.2. The molecule has 0 N–H and O–H groups in total. The molecule has 3 rings (SSSR count). The highest BCUT2D eigenvalue weighted by molar-refractivity contribution is 7.20. The van der Waals surface area contributed by atoms with Gasteiger partial charge >= 0.3 is 5.97 Å². The Morgan fingerprint density at radius 2 is 2.04 bits per heavy atom. The average Bonchev–Trinajstić information content (AvgIpc) is 2.96. The van der Waals surface area contributed by atoms with E-state index in [9.17, 15) is 14.0 Å². The van der Waals surface area contributed by atoms with Gasteiger partial charge in [0, 0.05) is 0 Å². The van der Waals surface area contributed by atoms with Gasteiger partial charge in [0.15, 0.2) is 0 Å². The molecule has 0 saturated heterocycles. The lowest BCUT2D eigenvalue weighted by molar-refractivity contribution is 0.0531. The van der Waals surface area contributed by atoms with Gasteiger partial charge in [-0.05, 0) is 43.7 Å². The van der Waals surface area contributed by atoms with Crippen molar-refractivity contribution in [2.24, 2.45) is 0 Å². The molecule has 0 radical (unpaired) electrons. The zero-order valence-corrected chi connectivity index (χ0v) is 15.1. The molecule has 136 valence electrons. The summed E-state index contributed by atoms with van der Waals surface area (Å²) in [6, 6.07) is 5.66. The zero-order valence-electron chi connectivity index (χ0n) is 14.3. The molecule has 0 aliphatic rings. The Bertz CT molecular complexity index is 995. The molecule has 3 aromatic rings. The number of nitrogens with zero attached hydrogens (tertiary/aromatic N) is 2. The lowest BCUT2D eigenvalue weighted by Gasteiger charge is -2.08. The molecule has 26 heavy (non-hydrogen) atoms. The number of benzene rings is 1. The Morgan fingerprint density at radius 3 is 2.73 bits per heavy atom. The van der Waals surface area contributed by atoms with E-state index >= 15 is 0 Å². The van der Waals surface area contributed by atoms with E-state index in [4.69, 9.17) is 9.47 Å². The second-order valence-electron chi connectivity index (χ2n) is 5.50. The minimum absolute atomic E-state index is 0.229. The van der Waals surface area contributed by atoms with Crippen LogP contribution >= 0.6 is 11.3 Å². The molecule has 0 aliphatic carbocycles. The highest BCUT2D eigenvalue weighted by Crippen LogP contribution is 2.27. The minimum atomic E-state index is -0.446. The summed E-state index contributed by atoms with van der Waals surface area (Å²) in [6.45, 7) is 4.22. The van der Waals surface area contributed by atoms with Gasteiger partial charge in [0.05, 0.1) is 24.9 Å². The summed E-state index contributed by atoms with van der Waals surface area (Å²) in [5.74, 6) is -0.267. The molecule has 0 saturated carbocycles. The standard InChI is InChI=1S/C18H17FN2O4S/c1-3-24-18(23)15-11(2)14-16(26-15)20-10-21(17(14)22)8-9-25-13-6-4-12(19)5-7-13/h4-7,10H,3,8-9H2,1-2H3. The van der Waals surface area contributed by atoms with Crippen LogP contribution in [0.2, 0.25) is 0 Å². The number of hydrogen-bond donors (Lipinski definition) is 0. The topological polar surface area (TPSA) is 70.4 Å². The number of thiophene rings is 1.